The molecule has 0 aromatic heterocycles. The monoisotopic (exact) mass is 337 g/mol. The molecule has 0 radical (unpaired) electrons. The van der Waals surface area contributed by atoms with Crippen molar-refractivity contribution in [1.82, 2.24) is 4.72 Å². The van der Waals surface area contributed by atoms with Crippen LogP contribution in [-0.2, 0) is 20.9 Å². The van der Waals surface area contributed by atoms with Crippen LogP contribution in [0, 0.1) is 6.92 Å². The number of carbonyl (C=O) groups is 1. The molecule has 0 aliphatic heterocycles. The largest absolute Gasteiger partial charge is 0.598 e. The second kappa shape index (κ2) is 8.52. The summed E-state index contributed by atoms with van der Waals surface area (Å²) in [5, 5.41) is 0. The molecule has 0 amide bonds. The number of ether oxygens (including phenoxy) is 1. The van der Waals surface area contributed by atoms with Gasteiger partial charge in [-0.05, 0) is 45.8 Å². The van der Waals surface area contributed by atoms with E-state index in [-0.39, 0.29) is 6.61 Å². The molecular weight excluding hydrogens is 310 g/mol. The minimum absolute atomic E-state index is 0.288. The second-order valence-corrected chi connectivity index (χ2v) is 8.48. The zero-order valence-corrected chi connectivity index (χ0v) is 15.5. The molecule has 0 aliphatic carbocycles. The van der Waals surface area contributed by atoms with E-state index in [0.717, 1.165) is 16.7 Å². The molecule has 4 nitrogen and oxygen atoms in total. The van der Waals surface area contributed by atoms with Crippen molar-refractivity contribution < 1.29 is 14.1 Å². The molecule has 0 aliphatic rings. The summed E-state index contributed by atoms with van der Waals surface area (Å²) < 4.78 is 19.8. The van der Waals surface area contributed by atoms with E-state index in [1.165, 1.54) is 0 Å². The third-order valence-corrected chi connectivity index (χ3v) is 4.90. The maximum absolute atomic E-state index is 12.3. The minimum Gasteiger partial charge on any atom is -0.598 e. The standard InChI is InChI=1S/C18H27NO3S/c1-7-22-17(20)16(19-23(21)18(4,5)6)12-14(3)15-10-8-13(2)9-11-15/h8-11,16,19H,3,7,12H2,1-2,4-6H3/t16-,23?/m0/s1. The molecule has 0 spiro atoms. The van der Waals surface area contributed by atoms with Gasteiger partial charge in [-0.3, -0.25) is 4.79 Å². The van der Waals surface area contributed by atoms with Crippen LogP contribution in [0.3, 0.4) is 0 Å². The number of esters is 1. The van der Waals surface area contributed by atoms with Gasteiger partial charge in [-0.2, -0.15) is 0 Å². The number of hydrogen-bond acceptors (Lipinski definition) is 4. The Morgan fingerprint density at radius 2 is 1.91 bits per heavy atom. The fourth-order valence-corrected chi connectivity index (χ4v) is 2.67. The normalized spacial score (nSPS) is 14.2. The van der Waals surface area contributed by atoms with Crippen LogP contribution in [-0.4, -0.2) is 27.9 Å². The van der Waals surface area contributed by atoms with E-state index >= 15 is 0 Å². The maximum atomic E-state index is 12.3. The summed E-state index contributed by atoms with van der Waals surface area (Å²) in [5.41, 5.74) is 2.94. The predicted octanol–water partition coefficient (Wildman–Crippen LogP) is 3.38. The zero-order valence-electron chi connectivity index (χ0n) is 14.6. The Bertz CT molecular complexity index is 534. The van der Waals surface area contributed by atoms with E-state index in [4.69, 9.17) is 4.74 Å². The van der Waals surface area contributed by atoms with Crippen molar-refractivity contribution in [3.63, 3.8) is 0 Å². The summed E-state index contributed by atoms with van der Waals surface area (Å²) in [5.74, 6) is -0.404. The van der Waals surface area contributed by atoms with Crippen molar-refractivity contribution >= 4 is 22.9 Å². The minimum atomic E-state index is -1.36. The fourth-order valence-electron chi connectivity index (χ4n) is 1.88. The molecule has 1 rings (SSSR count). The molecule has 5 heteroatoms. The number of aryl methyl sites for hydroxylation is 1. The Balaban J connectivity index is 2.85. The van der Waals surface area contributed by atoms with Crippen LogP contribution in [0.5, 0.6) is 0 Å². The summed E-state index contributed by atoms with van der Waals surface area (Å²) in [6.07, 6.45) is 0.351. The SMILES string of the molecule is C=C(C[C@H](N[S+]([O-])C(C)(C)C)C(=O)OCC)c1ccc(C)cc1. The first-order valence-corrected chi connectivity index (χ1v) is 8.89. The van der Waals surface area contributed by atoms with Crippen LogP contribution in [0.15, 0.2) is 30.8 Å². The predicted molar refractivity (Wildman–Crippen MR) is 96.3 cm³/mol. The Hall–Kier alpha value is -1.30. The molecule has 0 fully saturated rings. The van der Waals surface area contributed by atoms with Crippen molar-refractivity contribution in [2.45, 2.75) is 51.8 Å². The Morgan fingerprint density at radius 1 is 1.35 bits per heavy atom. The molecule has 0 saturated carbocycles. The van der Waals surface area contributed by atoms with Crippen LogP contribution in [0.1, 0.15) is 45.2 Å². The molecule has 128 valence electrons. The summed E-state index contributed by atoms with van der Waals surface area (Å²) >= 11 is -1.36. The van der Waals surface area contributed by atoms with Crippen LogP contribution >= 0.6 is 0 Å². The quantitative estimate of drug-likeness (QED) is 0.612. The van der Waals surface area contributed by atoms with Gasteiger partial charge in [0.25, 0.3) is 0 Å². The Labute approximate surface area is 142 Å². The number of rotatable bonds is 7. The number of hydrogen-bond donors (Lipinski definition) is 1. The van der Waals surface area contributed by atoms with E-state index in [1.807, 2.05) is 52.0 Å². The Morgan fingerprint density at radius 3 is 2.39 bits per heavy atom. The average Bonchev–Trinajstić information content (AvgIpc) is 2.46. The van der Waals surface area contributed by atoms with Gasteiger partial charge in [0.1, 0.15) is 4.75 Å². The summed E-state index contributed by atoms with van der Waals surface area (Å²) in [7, 11) is 0. The van der Waals surface area contributed by atoms with E-state index < -0.39 is 28.1 Å². The molecule has 1 aromatic rings. The van der Waals surface area contributed by atoms with Crippen molar-refractivity contribution in [2.75, 3.05) is 6.61 Å². The lowest BCUT2D eigenvalue weighted by molar-refractivity contribution is -0.144. The first kappa shape index (κ1) is 19.7. The lowest BCUT2D eigenvalue weighted by atomic mass is 10.00. The van der Waals surface area contributed by atoms with Gasteiger partial charge in [0.15, 0.2) is 6.04 Å². The average molecular weight is 337 g/mol. The van der Waals surface area contributed by atoms with Crippen LogP contribution < -0.4 is 4.72 Å². The van der Waals surface area contributed by atoms with Crippen molar-refractivity contribution in [3.05, 3.63) is 42.0 Å². The zero-order chi connectivity index (χ0) is 17.6. The van der Waals surface area contributed by atoms with Gasteiger partial charge >= 0.3 is 5.97 Å². The highest BCUT2D eigenvalue weighted by molar-refractivity contribution is 7.90. The van der Waals surface area contributed by atoms with Crippen molar-refractivity contribution in [3.8, 4) is 0 Å². The molecule has 1 aromatic carbocycles. The molecule has 0 heterocycles. The maximum Gasteiger partial charge on any atom is 0.328 e. The molecular formula is C18H27NO3S. The van der Waals surface area contributed by atoms with Crippen molar-refractivity contribution in [2.24, 2.45) is 0 Å². The molecule has 1 unspecified atom stereocenters. The van der Waals surface area contributed by atoms with Gasteiger partial charge in [0.2, 0.25) is 0 Å². The van der Waals surface area contributed by atoms with Crippen LogP contribution in [0.4, 0.5) is 0 Å². The third-order valence-electron chi connectivity index (χ3n) is 3.29. The van der Waals surface area contributed by atoms with E-state index in [1.54, 1.807) is 6.92 Å². The summed E-state index contributed by atoms with van der Waals surface area (Å²) in [6, 6.07) is 7.27. The second-order valence-electron chi connectivity index (χ2n) is 6.48. The molecule has 0 bridgehead atoms. The van der Waals surface area contributed by atoms with Gasteiger partial charge in [-0.15, -0.1) is 4.72 Å². The highest BCUT2D eigenvalue weighted by Gasteiger charge is 2.33. The number of benzene rings is 1. The first-order chi connectivity index (χ1) is 10.6. The first-order valence-electron chi connectivity index (χ1n) is 7.74. The Kier molecular flexibility index (Phi) is 7.32. The number of nitrogens with one attached hydrogen (secondary N) is 1. The van der Waals surface area contributed by atoms with E-state index in [0.29, 0.717) is 6.42 Å². The van der Waals surface area contributed by atoms with Crippen molar-refractivity contribution in [1.29, 1.82) is 0 Å². The van der Waals surface area contributed by atoms with E-state index in [2.05, 4.69) is 11.3 Å². The fraction of sp³-hybridized carbons (Fsp3) is 0.500. The van der Waals surface area contributed by atoms with E-state index in [9.17, 15) is 9.35 Å². The smallest absolute Gasteiger partial charge is 0.328 e. The van der Waals surface area contributed by atoms with Crippen LogP contribution in [0.2, 0.25) is 0 Å². The van der Waals surface area contributed by atoms with Gasteiger partial charge in [-0.25, -0.2) is 0 Å². The van der Waals surface area contributed by atoms with Gasteiger partial charge in [-0.1, -0.05) is 36.4 Å². The highest BCUT2D eigenvalue weighted by atomic mass is 32.2. The van der Waals surface area contributed by atoms with Gasteiger partial charge < -0.3 is 9.29 Å². The molecule has 23 heavy (non-hydrogen) atoms. The molecule has 2 atom stereocenters. The lowest BCUT2D eigenvalue weighted by Crippen LogP contribution is -2.48. The van der Waals surface area contributed by atoms with Crippen LogP contribution in [0.25, 0.3) is 5.57 Å². The van der Waals surface area contributed by atoms with Gasteiger partial charge in [0.05, 0.1) is 6.61 Å². The molecule has 0 saturated heterocycles. The number of carbonyl (C=O) groups excluding carboxylic acids is 1. The summed E-state index contributed by atoms with van der Waals surface area (Å²) in [4.78, 5) is 12.2. The highest BCUT2D eigenvalue weighted by Crippen LogP contribution is 2.21. The third kappa shape index (κ3) is 6.37. The molecule has 1 N–H and O–H groups in total. The topological polar surface area (TPSA) is 61.4 Å². The lowest BCUT2D eigenvalue weighted by Gasteiger charge is -2.27. The summed E-state index contributed by atoms with van der Waals surface area (Å²) in [6.45, 7) is 13.7. The van der Waals surface area contributed by atoms with Gasteiger partial charge in [0, 0.05) is 17.8 Å².